The number of hydrogen-bond donors (Lipinski definition) is 1. The fourth-order valence-electron chi connectivity index (χ4n) is 2.31. The van der Waals surface area contributed by atoms with Gasteiger partial charge in [0.2, 0.25) is 5.89 Å². The molecule has 2 rings (SSSR count). The van der Waals surface area contributed by atoms with Gasteiger partial charge >= 0.3 is 0 Å². The van der Waals surface area contributed by atoms with Crippen molar-refractivity contribution in [1.82, 2.24) is 20.4 Å². The molecule has 1 N–H and O–H groups in total. The lowest BCUT2D eigenvalue weighted by atomic mass is 9.98. The summed E-state index contributed by atoms with van der Waals surface area (Å²) in [5.41, 5.74) is 0. The minimum absolute atomic E-state index is 0.504. The van der Waals surface area contributed by atoms with E-state index in [0.717, 1.165) is 25.6 Å². The number of nitrogens with zero attached hydrogens (tertiary/aromatic N) is 3. The minimum atomic E-state index is 0.504. The standard InChI is InChI=1S/C12H22N4O/c1-10(2)16(8-12-14-9-15-17-12)7-11-4-3-5-13-6-11/h9-11,13H,3-8H2,1-2H3. The van der Waals surface area contributed by atoms with E-state index in [0.29, 0.717) is 11.9 Å². The third-order valence-electron chi connectivity index (χ3n) is 3.37. The molecule has 0 bridgehead atoms. The predicted octanol–water partition coefficient (Wildman–Crippen LogP) is 1.28. The summed E-state index contributed by atoms with van der Waals surface area (Å²) < 4.78 is 5.08. The first-order valence-electron chi connectivity index (χ1n) is 6.46. The molecule has 1 aromatic rings. The molecule has 1 unspecified atom stereocenters. The molecule has 0 aromatic carbocycles. The number of piperidine rings is 1. The number of hydrogen-bond acceptors (Lipinski definition) is 5. The Morgan fingerprint density at radius 1 is 1.59 bits per heavy atom. The van der Waals surface area contributed by atoms with Crippen LogP contribution in [0, 0.1) is 5.92 Å². The first-order chi connectivity index (χ1) is 8.25. The smallest absolute Gasteiger partial charge is 0.240 e. The lowest BCUT2D eigenvalue weighted by Gasteiger charge is -2.31. The molecular formula is C12H22N4O. The SMILES string of the molecule is CC(C)N(Cc1ncno1)CC1CCCNC1. The van der Waals surface area contributed by atoms with Crippen molar-refractivity contribution in [2.45, 2.75) is 39.3 Å². The van der Waals surface area contributed by atoms with E-state index in [9.17, 15) is 0 Å². The number of nitrogens with one attached hydrogen (secondary N) is 1. The maximum absolute atomic E-state index is 5.08. The van der Waals surface area contributed by atoms with E-state index in [1.165, 1.54) is 25.7 Å². The molecule has 1 fully saturated rings. The molecule has 96 valence electrons. The average Bonchev–Trinajstić information content (AvgIpc) is 2.82. The Kier molecular flexibility index (Phi) is 4.50. The third kappa shape index (κ3) is 3.78. The first-order valence-corrected chi connectivity index (χ1v) is 6.46. The summed E-state index contributed by atoms with van der Waals surface area (Å²) in [6.45, 7) is 8.59. The predicted molar refractivity (Wildman–Crippen MR) is 65.4 cm³/mol. The normalized spacial score (nSPS) is 21.3. The quantitative estimate of drug-likeness (QED) is 0.837. The molecule has 17 heavy (non-hydrogen) atoms. The van der Waals surface area contributed by atoms with Crippen molar-refractivity contribution in [3.63, 3.8) is 0 Å². The monoisotopic (exact) mass is 238 g/mol. The molecule has 1 aliphatic heterocycles. The highest BCUT2D eigenvalue weighted by atomic mass is 16.5. The lowest BCUT2D eigenvalue weighted by molar-refractivity contribution is 0.146. The second-order valence-electron chi connectivity index (χ2n) is 5.07. The molecule has 0 radical (unpaired) electrons. The van der Waals surface area contributed by atoms with Gasteiger partial charge in [-0.05, 0) is 45.7 Å². The van der Waals surface area contributed by atoms with Crippen molar-refractivity contribution in [3.05, 3.63) is 12.2 Å². The van der Waals surface area contributed by atoms with Crippen LogP contribution in [-0.4, -0.2) is 40.7 Å². The molecule has 5 heteroatoms. The van der Waals surface area contributed by atoms with Crippen LogP contribution in [0.25, 0.3) is 0 Å². The van der Waals surface area contributed by atoms with E-state index < -0.39 is 0 Å². The summed E-state index contributed by atoms with van der Waals surface area (Å²) in [7, 11) is 0. The van der Waals surface area contributed by atoms with Crippen molar-refractivity contribution >= 4 is 0 Å². The molecule has 1 atom stereocenters. The van der Waals surface area contributed by atoms with Gasteiger partial charge in [-0.15, -0.1) is 0 Å². The highest BCUT2D eigenvalue weighted by Gasteiger charge is 2.20. The van der Waals surface area contributed by atoms with Crippen LogP contribution >= 0.6 is 0 Å². The Morgan fingerprint density at radius 2 is 2.47 bits per heavy atom. The zero-order chi connectivity index (χ0) is 12.1. The molecule has 1 aliphatic rings. The Morgan fingerprint density at radius 3 is 3.06 bits per heavy atom. The van der Waals surface area contributed by atoms with Gasteiger partial charge in [-0.3, -0.25) is 4.90 Å². The fourth-order valence-corrected chi connectivity index (χ4v) is 2.31. The van der Waals surface area contributed by atoms with Gasteiger partial charge in [0.15, 0.2) is 6.33 Å². The second-order valence-corrected chi connectivity index (χ2v) is 5.07. The van der Waals surface area contributed by atoms with Crippen LogP contribution in [-0.2, 0) is 6.54 Å². The van der Waals surface area contributed by atoms with Crippen molar-refractivity contribution in [1.29, 1.82) is 0 Å². The zero-order valence-corrected chi connectivity index (χ0v) is 10.7. The molecule has 0 aliphatic carbocycles. The lowest BCUT2D eigenvalue weighted by Crippen LogP contribution is -2.40. The maximum atomic E-state index is 5.08. The van der Waals surface area contributed by atoms with E-state index in [2.05, 4.69) is 34.2 Å². The molecule has 0 amide bonds. The largest absolute Gasteiger partial charge is 0.338 e. The average molecular weight is 238 g/mol. The van der Waals surface area contributed by atoms with E-state index in [4.69, 9.17) is 4.52 Å². The van der Waals surface area contributed by atoms with Crippen molar-refractivity contribution < 1.29 is 4.52 Å². The summed E-state index contributed by atoms with van der Waals surface area (Å²) in [6.07, 6.45) is 4.08. The zero-order valence-electron chi connectivity index (χ0n) is 10.7. The van der Waals surface area contributed by atoms with E-state index in [1.54, 1.807) is 0 Å². The molecule has 1 saturated heterocycles. The van der Waals surface area contributed by atoms with Crippen LogP contribution in [0.3, 0.4) is 0 Å². The third-order valence-corrected chi connectivity index (χ3v) is 3.37. The van der Waals surface area contributed by atoms with E-state index in [-0.39, 0.29) is 0 Å². The van der Waals surface area contributed by atoms with Gasteiger partial charge in [0.1, 0.15) is 0 Å². The number of aromatic nitrogens is 2. The van der Waals surface area contributed by atoms with Gasteiger partial charge < -0.3 is 9.84 Å². The van der Waals surface area contributed by atoms with Crippen LogP contribution < -0.4 is 5.32 Å². The van der Waals surface area contributed by atoms with Crippen LogP contribution in [0.5, 0.6) is 0 Å². The summed E-state index contributed by atoms with van der Waals surface area (Å²) >= 11 is 0. The van der Waals surface area contributed by atoms with Crippen molar-refractivity contribution in [2.75, 3.05) is 19.6 Å². The van der Waals surface area contributed by atoms with Crippen molar-refractivity contribution in [2.24, 2.45) is 5.92 Å². The molecular weight excluding hydrogens is 216 g/mol. The topological polar surface area (TPSA) is 54.2 Å². The summed E-state index contributed by atoms with van der Waals surface area (Å²) in [5, 5.41) is 7.12. The maximum Gasteiger partial charge on any atom is 0.240 e. The first kappa shape index (κ1) is 12.5. The Hall–Kier alpha value is -0.940. The Balaban J connectivity index is 1.87. The molecule has 2 heterocycles. The second kappa shape index (κ2) is 6.12. The van der Waals surface area contributed by atoms with E-state index in [1.807, 2.05) is 0 Å². The molecule has 5 nitrogen and oxygen atoms in total. The van der Waals surface area contributed by atoms with Crippen molar-refractivity contribution in [3.8, 4) is 0 Å². The fraction of sp³-hybridized carbons (Fsp3) is 0.833. The Bertz CT molecular complexity index is 306. The minimum Gasteiger partial charge on any atom is -0.338 e. The molecule has 1 aromatic heterocycles. The molecule has 0 saturated carbocycles. The summed E-state index contributed by atoms with van der Waals surface area (Å²) in [6, 6.07) is 0.504. The van der Waals surface area contributed by atoms with Crippen LogP contribution in [0.2, 0.25) is 0 Å². The highest BCUT2D eigenvalue weighted by molar-refractivity contribution is 4.80. The van der Waals surface area contributed by atoms with Gasteiger partial charge in [0, 0.05) is 12.6 Å². The van der Waals surface area contributed by atoms with Crippen LogP contribution in [0.1, 0.15) is 32.6 Å². The van der Waals surface area contributed by atoms with Gasteiger partial charge in [-0.1, -0.05) is 5.16 Å². The Labute approximate surface area is 103 Å². The van der Waals surface area contributed by atoms with E-state index >= 15 is 0 Å². The van der Waals surface area contributed by atoms with Crippen LogP contribution in [0.15, 0.2) is 10.9 Å². The highest BCUT2D eigenvalue weighted by Crippen LogP contribution is 2.15. The molecule has 0 spiro atoms. The van der Waals surface area contributed by atoms with Gasteiger partial charge in [-0.2, -0.15) is 4.98 Å². The van der Waals surface area contributed by atoms with Gasteiger partial charge in [0.25, 0.3) is 0 Å². The summed E-state index contributed by atoms with van der Waals surface area (Å²) in [4.78, 5) is 6.50. The van der Waals surface area contributed by atoms with Gasteiger partial charge in [0.05, 0.1) is 6.54 Å². The summed E-state index contributed by atoms with van der Waals surface area (Å²) in [5.74, 6) is 1.46. The van der Waals surface area contributed by atoms with Crippen LogP contribution in [0.4, 0.5) is 0 Å². The number of rotatable bonds is 5. The van der Waals surface area contributed by atoms with Gasteiger partial charge in [-0.25, -0.2) is 0 Å².